The van der Waals surface area contributed by atoms with Crippen LogP contribution in [-0.4, -0.2) is 40.6 Å². The van der Waals surface area contributed by atoms with Crippen molar-refractivity contribution < 1.29 is 28.8 Å². The number of amides is 3. The number of fused-ring (bicyclic) bond motifs is 1. The average molecular weight is 362 g/mol. The Morgan fingerprint density at radius 3 is 2.12 bits per heavy atom. The van der Waals surface area contributed by atoms with Gasteiger partial charge in [0, 0.05) is 6.04 Å². The lowest BCUT2D eigenvalue weighted by Crippen LogP contribution is -2.41. The van der Waals surface area contributed by atoms with Gasteiger partial charge in [-0.2, -0.15) is 0 Å². The Labute approximate surface area is 151 Å². The summed E-state index contributed by atoms with van der Waals surface area (Å²) in [4.78, 5) is 53.2. The van der Waals surface area contributed by atoms with Crippen molar-refractivity contribution in [2.45, 2.75) is 52.2 Å². The maximum Gasteiger partial charge on any atom is 0.407 e. The molecule has 2 rings (SSSR count). The Bertz CT molecular complexity index is 702. The van der Waals surface area contributed by atoms with Crippen LogP contribution in [0.4, 0.5) is 4.79 Å². The zero-order chi connectivity index (χ0) is 19.5. The summed E-state index contributed by atoms with van der Waals surface area (Å²) >= 11 is 0. The largest absolute Gasteiger partial charge is 0.444 e. The summed E-state index contributed by atoms with van der Waals surface area (Å²) in [7, 11) is 0. The number of imide groups is 1. The third-order valence-corrected chi connectivity index (χ3v) is 3.58. The predicted octanol–water partition coefficient (Wildman–Crippen LogP) is 2.43. The van der Waals surface area contributed by atoms with Gasteiger partial charge in [-0.3, -0.25) is 9.59 Å². The number of ether oxygens (including phenoxy) is 1. The second-order valence-electron chi connectivity index (χ2n) is 6.87. The normalized spacial score (nSPS) is 14.7. The van der Waals surface area contributed by atoms with Crippen molar-refractivity contribution in [2.75, 3.05) is 0 Å². The first-order chi connectivity index (χ1) is 12.1. The molecule has 0 aliphatic carbocycles. The molecule has 0 bridgehead atoms. The van der Waals surface area contributed by atoms with Gasteiger partial charge in [0.15, 0.2) is 0 Å². The van der Waals surface area contributed by atoms with E-state index in [1.54, 1.807) is 39.8 Å². The highest BCUT2D eigenvalue weighted by molar-refractivity contribution is 6.20. The van der Waals surface area contributed by atoms with Gasteiger partial charge < -0.3 is 14.9 Å². The Hall–Kier alpha value is -2.90. The van der Waals surface area contributed by atoms with E-state index in [-0.39, 0.29) is 17.5 Å². The molecule has 0 radical (unpaired) electrons. The van der Waals surface area contributed by atoms with E-state index in [1.807, 2.05) is 0 Å². The summed E-state index contributed by atoms with van der Waals surface area (Å²) in [6.07, 6.45) is -0.419. The Morgan fingerprint density at radius 2 is 1.65 bits per heavy atom. The number of hydrogen-bond donors (Lipinski definition) is 1. The molecular weight excluding hydrogens is 340 g/mol. The highest BCUT2D eigenvalue weighted by atomic mass is 16.7. The quantitative estimate of drug-likeness (QED) is 0.807. The summed E-state index contributed by atoms with van der Waals surface area (Å²) < 4.78 is 5.14. The van der Waals surface area contributed by atoms with Gasteiger partial charge in [-0.05, 0) is 39.3 Å². The van der Waals surface area contributed by atoms with Crippen molar-refractivity contribution in [3.63, 3.8) is 0 Å². The van der Waals surface area contributed by atoms with Crippen molar-refractivity contribution in [3.8, 4) is 0 Å². The third-order valence-electron chi connectivity index (χ3n) is 3.58. The Morgan fingerprint density at radius 1 is 1.12 bits per heavy atom. The van der Waals surface area contributed by atoms with Crippen molar-refractivity contribution >= 4 is 23.9 Å². The molecule has 26 heavy (non-hydrogen) atoms. The van der Waals surface area contributed by atoms with Gasteiger partial charge in [-0.1, -0.05) is 24.1 Å². The van der Waals surface area contributed by atoms with Crippen molar-refractivity contribution in [3.05, 3.63) is 35.4 Å². The van der Waals surface area contributed by atoms with Crippen LogP contribution in [0.1, 0.15) is 61.3 Å². The zero-order valence-corrected chi connectivity index (χ0v) is 15.2. The van der Waals surface area contributed by atoms with Crippen LogP contribution in [-0.2, 0) is 14.4 Å². The summed E-state index contributed by atoms with van der Waals surface area (Å²) in [5.41, 5.74) is -0.295. The molecule has 0 spiro atoms. The zero-order valence-electron chi connectivity index (χ0n) is 15.2. The Kier molecular flexibility index (Phi) is 5.64. The summed E-state index contributed by atoms with van der Waals surface area (Å²) in [5, 5.41) is 3.02. The van der Waals surface area contributed by atoms with E-state index < -0.39 is 35.5 Å². The molecule has 8 heteroatoms. The maximum atomic E-state index is 12.2. The first-order valence-electron chi connectivity index (χ1n) is 8.30. The number of alkyl carbamates (subject to hydrolysis) is 1. The molecule has 140 valence electrons. The number of carbonyl (C=O) groups is 4. The smallest absolute Gasteiger partial charge is 0.407 e. The molecule has 1 aliphatic heterocycles. The predicted molar refractivity (Wildman–Crippen MR) is 91.1 cm³/mol. The minimum atomic E-state index is -0.803. The van der Waals surface area contributed by atoms with Crippen LogP contribution < -0.4 is 5.32 Å². The van der Waals surface area contributed by atoms with Gasteiger partial charge >= 0.3 is 12.1 Å². The van der Waals surface area contributed by atoms with E-state index >= 15 is 0 Å². The molecule has 0 fully saturated rings. The van der Waals surface area contributed by atoms with Crippen LogP contribution in [0.15, 0.2) is 24.3 Å². The van der Waals surface area contributed by atoms with Crippen molar-refractivity contribution in [1.82, 2.24) is 10.4 Å². The van der Waals surface area contributed by atoms with Crippen molar-refractivity contribution in [1.29, 1.82) is 0 Å². The second-order valence-corrected chi connectivity index (χ2v) is 6.87. The fourth-order valence-corrected chi connectivity index (χ4v) is 2.36. The van der Waals surface area contributed by atoms with E-state index in [4.69, 9.17) is 9.57 Å². The van der Waals surface area contributed by atoms with Crippen LogP contribution in [0, 0.1) is 0 Å². The summed E-state index contributed by atoms with van der Waals surface area (Å²) in [6.45, 7) is 6.95. The number of carbonyl (C=O) groups excluding carboxylic acids is 4. The molecule has 0 aromatic heterocycles. The highest BCUT2D eigenvalue weighted by Gasteiger charge is 2.38. The van der Waals surface area contributed by atoms with Gasteiger partial charge in [0.05, 0.1) is 17.5 Å². The minimum Gasteiger partial charge on any atom is -0.444 e. The molecule has 1 aromatic carbocycles. The number of hydrogen-bond acceptors (Lipinski definition) is 6. The molecule has 1 aromatic rings. The highest BCUT2D eigenvalue weighted by Crippen LogP contribution is 2.23. The van der Waals surface area contributed by atoms with Gasteiger partial charge in [0.1, 0.15) is 5.60 Å². The topological polar surface area (TPSA) is 102 Å². The number of nitrogens with zero attached hydrogens (tertiary/aromatic N) is 1. The molecule has 1 N–H and O–H groups in total. The first kappa shape index (κ1) is 19.4. The molecule has 0 saturated heterocycles. The van der Waals surface area contributed by atoms with Crippen LogP contribution in [0.2, 0.25) is 0 Å². The molecule has 3 amide bonds. The molecule has 1 atom stereocenters. The first-order valence-corrected chi connectivity index (χ1v) is 8.30. The van der Waals surface area contributed by atoms with Crippen LogP contribution >= 0.6 is 0 Å². The molecule has 0 saturated carbocycles. The second kappa shape index (κ2) is 7.55. The monoisotopic (exact) mass is 362 g/mol. The molecule has 0 unspecified atom stereocenters. The molecule has 1 aliphatic rings. The summed E-state index contributed by atoms with van der Waals surface area (Å²) in [6, 6.07) is 5.66. The third kappa shape index (κ3) is 4.59. The lowest BCUT2D eigenvalue weighted by Gasteiger charge is -2.23. The number of nitrogens with one attached hydrogen (secondary N) is 1. The van der Waals surface area contributed by atoms with Gasteiger partial charge in [0.2, 0.25) is 0 Å². The molecular formula is C18H22N2O6. The van der Waals surface area contributed by atoms with E-state index in [0.717, 1.165) is 0 Å². The van der Waals surface area contributed by atoms with E-state index in [2.05, 4.69) is 5.32 Å². The SMILES string of the molecule is CC[C@@H](CC(=O)ON1C(=O)c2ccccc2C1=O)NC(=O)OC(C)(C)C. The molecule has 1 heterocycles. The van der Waals surface area contributed by atoms with Crippen molar-refractivity contribution in [2.24, 2.45) is 0 Å². The lowest BCUT2D eigenvalue weighted by molar-refractivity contribution is -0.169. The van der Waals surface area contributed by atoms with E-state index in [9.17, 15) is 19.2 Å². The van der Waals surface area contributed by atoms with Gasteiger partial charge in [0.25, 0.3) is 11.8 Å². The van der Waals surface area contributed by atoms with Crippen LogP contribution in [0.25, 0.3) is 0 Å². The molecule has 8 nitrogen and oxygen atoms in total. The van der Waals surface area contributed by atoms with E-state index in [0.29, 0.717) is 11.5 Å². The minimum absolute atomic E-state index is 0.184. The Balaban J connectivity index is 1.95. The van der Waals surface area contributed by atoms with Crippen LogP contribution in [0.3, 0.4) is 0 Å². The van der Waals surface area contributed by atoms with E-state index in [1.165, 1.54) is 12.1 Å². The van der Waals surface area contributed by atoms with Crippen LogP contribution in [0.5, 0.6) is 0 Å². The van der Waals surface area contributed by atoms with Gasteiger partial charge in [-0.25, -0.2) is 9.59 Å². The fourth-order valence-electron chi connectivity index (χ4n) is 2.36. The standard InChI is InChI=1S/C18H22N2O6/c1-5-11(19-17(24)25-18(2,3)4)10-14(21)26-20-15(22)12-8-6-7-9-13(12)16(20)23/h6-9,11H,5,10H2,1-4H3,(H,19,24)/t11-/m0/s1. The number of benzene rings is 1. The fraction of sp³-hybridized carbons (Fsp3) is 0.444. The number of rotatable bonds is 5. The lowest BCUT2D eigenvalue weighted by atomic mass is 10.1. The number of hydroxylamine groups is 2. The summed E-state index contributed by atoms with van der Waals surface area (Å²) in [5.74, 6) is -2.18. The average Bonchev–Trinajstić information content (AvgIpc) is 2.78. The van der Waals surface area contributed by atoms with Gasteiger partial charge in [-0.15, -0.1) is 0 Å². The maximum absolute atomic E-state index is 12.2.